The molecule has 0 unspecified atom stereocenters. The van der Waals surface area contributed by atoms with Gasteiger partial charge in [-0.3, -0.25) is 10.4 Å². The van der Waals surface area contributed by atoms with Gasteiger partial charge in [-0.25, -0.2) is 14.6 Å². The van der Waals surface area contributed by atoms with E-state index in [1.54, 1.807) is 18.6 Å². The first kappa shape index (κ1) is 13.7. The summed E-state index contributed by atoms with van der Waals surface area (Å²) in [7, 11) is 0. The second-order valence-electron chi connectivity index (χ2n) is 4.94. The summed E-state index contributed by atoms with van der Waals surface area (Å²) in [6.07, 6.45) is 5.21. The van der Waals surface area contributed by atoms with Gasteiger partial charge in [-0.15, -0.1) is 0 Å². The smallest absolute Gasteiger partial charge is 0.161 e. The molecule has 0 fully saturated rings. The fourth-order valence-corrected chi connectivity index (χ4v) is 2.62. The van der Waals surface area contributed by atoms with E-state index in [1.807, 2.05) is 53.2 Å². The third-order valence-corrected chi connectivity index (χ3v) is 3.79. The van der Waals surface area contributed by atoms with Gasteiger partial charge >= 0.3 is 0 Å². The van der Waals surface area contributed by atoms with E-state index < -0.39 is 0 Å². The molecule has 0 radical (unpaired) electrons. The normalized spacial score (nSPS) is 10.8. The molecule has 1 aromatic carbocycles. The average molecular weight is 322 g/mol. The van der Waals surface area contributed by atoms with Crippen molar-refractivity contribution in [2.24, 2.45) is 0 Å². The van der Waals surface area contributed by atoms with E-state index in [1.165, 1.54) is 0 Å². The van der Waals surface area contributed by atoms with Gasteiger partial charge in [0.25, 0.3) is 0 Å². The maximum Gasteiger partial charge on any atom is 0.161 e. The Morgan fingerprint density at radius 1 is 0.957 bits per heavy atom. The number of anilines is 1. The molecule has 4 aromatic rings. The fourth-order valence-electron chi connectivity index (χ4n) is 2.40. The molecular formula is C17H12ClN5. The molecule has 0 spiro atoms. The molecule has 5 nitrogen and oxygen atoms in total. The van der Waals surface area contributed by atoms with Crippen molar-refractivity contribution in [1.29, 1.82) is 0 Å². The number of hydrogen-bond acceptors (Lipinski definition) is 4. The largest absolute Gasteiger partial charge is 0.275 e. The minimum absolute atomic E-state index is 0.639. The van der Waals surface area contributed by atoms with Crippen LogP contribution < -0.4 is 5.43 Å². The zero-order valence-electron chi connectivity index (χ0n) is 12.0. The summed E-state index contributed by atoms with van der Waals surface area (Å²) in [5.41, 5.74) is 5.79. The van der Waals surface area contributed by atoms with Gasteiger partial charge in [-0.05, 0) is 30.3 Å². The number of pyridine rings is 2. The molecule has 23 heavy (non-hydrogen) atoms. The van der Waals surface area contributed by atoms with Crippen molar-refractivity contribution in [3.63, 3.8) is 0 Å². The lowest BCUT2D eigenvalue weighted by atomic mass is 10.2. The van der Waals surface area contributed by atoms with Crippen molar-refractivity contribution >= 4 is 28.5 Å². The second kappa shape index (κ2) is 5.70. The Labute approximate surface area is 137 Å². The van der Waals surface area contributed by atoms with Gasteiger partial charge in [0.2, 0.25) is 0 Å². The standard InChI is InChI=1S/C17H12ClN5/c18-13-6-2-1-5-12(13)17-21-14-8-10-19-11-15(14)23(17)22-16-7-3-4-9-20-16/h1-11H,(H,20,22). The first-order valence-corrected chi connectivity index (χ1v) is 7.46. The molecule has 0 saturated carbocycles. The number of nitrogens with zero attached hydrogens (tertiary/aromatic N) is 4. The van der Waals surface area contributed by atoms with E-state index in [0.717, 1.165) is 16.6 Å². The minimum Gasteiger partial charge on any atom is -0.275 e. The lowest BCUT2D eigenvalue weighted by molar-refractivity contribution is 0.977. The quantitative estimate of drug-likeness (QED) is 0.619. The van der Waals surface area contributed by atoms with Gasteiger partial charge in [-0.2, -0.15) is 0 Å². The molecule has 6 heteroatoms. The van der Waals surface area contributed by atoms with Gasteiger partial charge in [0, 0.05) is 18.0 Å². The third-order valence-electron chi connectivity index (χ3n) is 3.46. The number of hydrogen-bond donors (Lipinski definition) is 1. The fraction of sp³-hybridized carbons (Fsp3) is 0. The van der Waals surface area contributed by atoms with Crippen LogP contribution in [0.3, 0.4) is 0 Å². The Hall–Kier alpha value is -2.92. The molecule has 3 aromatic heterocycles. The first-order chi connectivity index (χ1) is 11.3. The lowest BCUT2D eigenvalue weighted by Crippen LogP contribution is -2.11. The molecule has 0 aliphatic rings. The maximum absolute atomic E-state index is 6.35. The summed E-state index contributed by atoms with van der Waals surface area (Å²) in [5, 5.41) is 0.639. The van der Waals surface area contributed by atoms with E-state index in [2.05, 4.69) is 20.4 Å². The highest BCUT2D eigenvalue weighted by Crippen LogP contribution is 2.29. The monoisotopic (exact) mass is 321 g/mol. The van der Waals surface area contributed by atoms with Crippen molar-refractivity contribution < 1.29 is 0 Å². The van der Waals surface area contributed by atoms with Crippen LogP contribution in [0.1, 0.15) is 0 Å². The van der Waals surface area contributed by atoms with Crippen LogP contribution >= 0.6 is 11.6 Å². The molecule has 0 aliphatic heterocycles. The van der Waals surface area contributed by atoms with Crippen LogP contribution in [0.15, 0.2) is 67.1 Å². The van der Waals surface area contributed by atoms with E-state index >= 15 is 0 Å². The number of rotatable bonds is 3. The summed E-state index contributed by atoms with van der Waals surface area (Å²) in [6, 6.07) is 15.2. The highest BCUT2D eigenvalue weighted by Gasteiger charge is 2.15. The molecule has 0 saturated heterocycles. The van der Waals surface area contributed by atoms with Crippen molar-refractivity contribution in [3.8, 4) is 11.4 Å². The summed E-state index contributed by atoms with van der Waals surface area (Å²) < 4.78 is 1.85. The number of fused-ring (bicyclic) bond motifs is 1. The summed E-state index contributed by atoms with van der Waals surface area (Å²) in [6.45, 7) is 0. The Morgan fingerprint density at radius 3 is 2.65 bits per heavy atom. The number of nitrogens with one attached hydrogen (secondary N) is 1. The number of aromatic nitrogens is 4. The molecule has 0 bridgehead atoms. The van der Waals surface area contributed by atoms with E-state index in [0.29, 0.717) is 16.7 Å². The Balaban J connectivity index is 1.93. The zero-order chi connectivity index (χ0) is 15.6. The predicted molar refractivity (Wildman–Crippen MR) is 91.2 cm³/mol. The van der Waals surface area contributed by atoms with Gasteiger partial charge < -0.3 is 0 Å². The Bertz CT molecular complexity index is 965. The van der Waals surface area contributed by atoms with Crippen LogP contribution in [0.4, 0.5) is 5.82 Å². The highest BCUT2D eigenvalue weighted by atomic mass is 35.5. The number of benzene rings is 1. The average Bonchev–Trinajstić information content (AvgIpc) is 2.95. The molecule has 4 rings (SSSR count). The van der Waals surface area contributed by atoms with Gasteiger partial charge in [-0.1, -0.05) is 29.8 Å². The third kappa shape index (κ3) is 2.51. The molecule has 1 N–H and O–H groups in total. The summed E-state index contributed by atoms with van der Waals surface area (Å²) in [5.74, 6) is 1.42. The molecule has 0 amide bonds. The van der Waals surface area contributed by atoms with Crippen molar-refractivity contribution in [1.82, 2.24) is 19.6 Å². The molecule has 0 atom stereocenters. The van der Waals surface area contributed by atoms with Gasteiger partial charge in [0.05, 0.1) is 16.7 Å². The minimum atomic E-state index is 0.639. The predicted octanol–water partition coefficient (Wildman–Crippen LogP) is 4.02. The van der Waals surface area contributed by atoms with E-state index in [4.69, 9.17) is 11.6 Å². The van der Waals surface area contributed by atoms with Crippen LogP contribution in [0, 0.1) is 0 Å². The first-order valence-electron chi connectivity index (χ1n) is 7.08. The Kier molecular flexibility index (Phi) is 3.40. The van der Waals surface area contributed by atoms with Crippen LogP contribution in [-0.2, 0) is 0 Å². The molecule has 0 aliphatic carbocycles. The maximum atomic E-state index is 6.35. The van der Waals surface area contributed by atoms with Crippen molar-refractivity contribution in [2.45, 2.75) is 0 Å². The second-order valence-corrected chi connectivity index (χ2v) is 5.35. The summed E-state index contributed by atoms with van der Waals surface area (Å²) >= 11 is 6.35. The topological polar surface area (TPSA) is 55.6 Å². The molecule has 112 valence electrons. The van der Waals surface area contributed by atoms with E-state index in [9.17, 15) is 0 Å². The van der Waals surface area contributed by atoms with Crippen molar-refractivity contribution in [2.75, 3.05) is 5.43 Å². The number of imidazole rings is 1. The Morgan fingerprint density at radius 2 is 1.83 bits per heavy atom. The van der Waals surface area contributed by atoms with Crippen LogP contribution in [0.2, 0.25) is 5.02 Å². The highest BCUT2D eigenvalue weighted by molar-refractivity contribution is 6.33. The van der Waals surface area contributed by atoms with Gasteiger partial charge in [0.15, 0.2) is 5.82 Å². The van der Waals surface area contributed by atoms with Gasteiger partial charge in [0.1, 0.15) is 11.3 Å². The molecule has 3 heterocycles. The SMILES string of the molecule is Clc1ccccc1-c1nc2ccncc2n1Nc1ccccn1. The van der Waals surface area contributed by atoms with Crippen LogP contribution in [0.25, 0.3) is 22.4 Å². The number of halogens is 1. The lowest BCUT2D eigenvalue weighted by Gasteiger charge is -2.12. The van der Waals surface area contributed by atoms with E-state index in [-0.39, 0.29) is 0 Å². The zero-order valence-corrected chi connectivity index (χ0v) is 12.8. The van der Waals surface area contributed by atoms with Crippen LogP contribution in [-0.4, -0.2) is 19.6 Å². The van der Waals surface area contributed by atoms with Crippen molar-refractivity contribution in [3.05, 3.63) is 72.1 Å². The molecular weight excluding hydrogens is 310 g/mol. The van der Waals surface area contributed by atoms with Crippen LogP contribution in [0.5, 0.6) is 0 Å². The summed E-state index contributed by atoms with van der Waals surface area (Å²) in [4.78, 5) is 13.2.